The Hall–Kier alpha value is -2.54. The Morgan fingerprint density at radius 2 is 2.00 bits per heavy atom. The number of ether oxygens (including phenoxy) is 2. The third kappa shape index (κ3) is 3.93. The molecule has 0 saturated heterocycles. The van der Waals surface area contributed by atoms with E-state index in [1.807, 2.05) is 28.9 Å². The number of rotatable bonds is 6. The summed E-state index contributed by atoms with van der Waals surface area (Å²) in [5, 5.41) is 7.09. The van der Waals surface area contributed by atoms with Crippen LogP contribution in [0.15, 0.2) is 30.5 Å². The molecule has 0 bridgehead atoms. The van der Waals surface area contributed by atoms with Crippen LogP contribution in [0.5, 0.6) is 11.5 Å². The fraction of sp³-hybridized carbons (Fsp3) is 0.444. The molecule has 7 nitrogen and oxygen atoms in total. The quantitative estimate of drug-likeness (QED) is 0.862. The monoisotopic (exact) mass is 344 g/mol. The number of carbonyl (C=O) groups excluding carboxylic acids is 1. The first kappa shape index (κ1) is 17.3. The van der Waals surface area contributed by atoms with Gasteiger partial charge in [-0.1, -0.05) is 0 Å². The molecule has 1 atom stereocenters. The second kappa shape index (κ2) is 7.57. The zero-order chi connectivity index (χ0) is 17.8. The van der Waals surface area contributed by atoms with Crippen LogP contribution in [0.25, 0.3) is 0 Å². The van der Waals surface area contributed by atoms with Gasteiger partial charge in [-0.15, -0.1) is 0 Å². The van der Waals surface area contributed by atoms with Crippen LogP contribution in [-0.2, 0) is 17.9 Å². The normalized spacial score (nSPS) is 17.0. The van der Waals surface area contributed by atoms with Gasteiger partial charge in [0.2, 0.25) is 5.91 Å². The molecule has 3 rings (SSSR count). The number of nitrogens with one attached hydrogen (secondary N) is 1. The minimum absolute atomic E-state index is 0.0244. The van der Waals surface area contributed by atoms with E-state index in [9.17, 15) is 4.79 Å². The number of fused-ring (bicyclic) bond motifs is 1. The number of hydrogen-bond donors (Lipinski definition) is 1. The molecule has 1 aliphatic rings. The number of nitrogens with zero attached hydrogens (tertiary/aromatic N) is 3. The zero-order valence-electron chi connectivity index (χ0n) is 14.9. The molecule has 1 aliphatic heterocycles. The second-order valence-electron chi connectivity index (χ2n) is 6.19. The Bertz CT molecular complexity index is 721. The number of carbonyl (C=O) groups is 1. The molecule has 7 heteroatoms. The van der Waals surface area contributed by atoms with E-state index < -0.39 is 0 Å². The number of methoxy groups -OCH3 is 2. The van der Waals surface area contributed by atoms with Crippen LogP contribution in [0.1, 0.15) is 23.7 Å². The van der Waals surface area contributed by atoms with Crippen molar-refractivity contribution in [3.8, 4) is 11.5 Å². The molecule has 1 aromatic carbocycles. The van der Waals surface area contributed by atoms with Crippen LogP contribution < -0.4 is 14.8 Å². The Kier molecular flexibility index (Phi) is 5.23. The van der Waals surface area contributed by atoms with Crippen molar-refractivity contribution in [2.75, 3.05) is 27.8 Å². The maximum absolute atomic E-state index is 11.8. The van der Waals surface area contributed by atoms with Gasteiger partial charge in [0.05, 0.1) is 32.4 Å². The lowest BCUT2D eigenvalue weighted by Crippen LogP contribution is -2.39. The summed E-state index contributed by atoms with van der Waals surface area (Å²) in [6.07, 6.45) is 2.22. The SMILES string of the molecule is CNC(=O)C[C@@H]1CN(Cc2cc(OC)cc(OC)c2)Cc2ccnn21. The van der Waals surface area contributed by atoms with Crippen LogP contribution in [0, 0.1) is 0 Å². The largest absolute Gasteiger partial charge is 0.497 e. The van der Waals surface area contributed by atoms with Crippen molar-refractivity contribution >= 4 is 5.91 Å². The number of hydrogen-bond acceptors (Lipinski definition) is 5. The van der Waals surface area contributed by atoms with E-state index in [2.05, 4.69) is 15.3 Å². The fourth-order valence-corrected chi connectivity index (χ4v) is 3.27. The average Bonchev–Trinajstić information content (AvgIpc) is 3.10. The van der Waals surface area contributed by atoms with E-state index in [4.69, 9.17) is 9.47 Å². The average molecular weight is 344 g/mol. The smallest absolute Gasteiger partial charge is 0.221 e. The maximum Gasteiger partial charge on any atom is 0.221 e. The third-order valence-corrected chi connectivity index (χ3v) is 4.47. The van der Waals surface area contributed by atoms with E-state index >= 15 is 0 Å². The highest BCUT2D eigenvalue weighted by atomic mass is 16.5. The topological polar surface area (TPSA) is 68.6 Å². The fourth-order valence-electron chi connectivity index (χ4n) is 3.27. The van der Waals surface area contributed by atoms with Gasteiger partial charge in [0.1, 0.15) is 11.5 Å². The van der Waals surface area contributed by atoms with E-state index in [-0.39, 0.29) is 11.9 Å². The molecule has 0 radical (unpaired) electrons. The highest BCUT2D eigenvalue weighted by Gasteiger charge is 2.27. The molecule has 1 aromatic heterocycles. The maximum atomic E-state index is 11.8. The van der Waals surface area contributed by atoms with Gasteiger partial charge in [0, 0.05) is 38.9 Å². The first-order chi connectivity index (χ1) is 12.1. The van der Waals surface area contributed by atoms with Crippen molar-refractivity contribution in [2.24, 2.45) is 0 Å². The molecule has 0 fully saturated rings. The van der Waals surface area contributed by atoms with Crippen LogP contribution in [0.2, 0.25) is 0 Å². The summed E-state index contributed by atoms with van der Waals surface area (Å²) in [6, 6.07) is 7.94. The number of aromatic nitrogens is 2. The summed E-state index contributed by atoms with van der Waals surface area (Å²) in [4.78, 5) is 14.2. The molecule has 2 aromatic rings. The summed E-state index contributed by atoms with van der Waals surface area (Å²) in [7, 11) is 4.96. The van der Waals surface area contributed by atoms with E-state index in [1.54, 1.807) is 27.5 Å². The minimum Gasteiger partial charge on any atom is -0.497 e. The molecule has 0 aliphatic carbocycles. The lowest BCUT2D eigenvalue weighted by atomic mass is 10.1. The molecule has 0 spiro atoms. The molecule has 25 heavy (non-hydrogen) atoms. The van der Waals surface area contributed by atoms with Crippen LogP contribution in [-0.4, -0.2) is 48.4 Å². The Labute approximate surface area is 147 Å². The van der Waals surface area contributed by atoms with Gasteiger partial charge < -0.3 is 14.8 Å². The second-order valence-corrected chi connectivity index (χ2v) is 6.19. The third-order valence-electron chi connectivity index (χ3n) is 4.47. The van der Waals surface area contributed by atoms with E-state index in [0.29, 0.717) is 6.42 Å². The molecule has 1 N–H and O–H groups in total. The van der Waals surface area contributed by atoms with Gasteiger partial charge in [-0.3, -0.25) is 14.4 Å². The summed E-state index contributed by atoms with van der Waals surface area (Å²) in [5.74, 6) is 1.58. The highest BCUT2D eigenvalue weighted by Crippen LogP contribution is 2.27. The Balaban J connectivity index is 1.79. The van der Waals surface area contributed by atoms with Crippen molar-refractivity contribution in [1.82, 2.24) is 20.0 Å². The van der Waals surface area contributed by atoms with Crippen molar-refractivity contribution < 1.29 is 14.3 Å². The van der Waals surface area contributed by atoms with Crippen molar-refractivity contribution in [1.29, 1.82) is 0 Å². The van der Waals surface area contributed by atoms with Gasteiger partial charge in [0.15, 0.2) is 0 Å². The predicted molar refractivity (Wildman–Crippen MR) is 93.6 cm³/mol. The summed E-state index contributed by atoms with van der Waals surface area (Å²) in [5.41, 5.74) is 2.23. The van der Waals surface area contributed by atoms with E-state index in [0.717, 1.165) is 42.4 Å². The number of amides is 1. The summed E-state index contributed by atoms with van der Waals surface area (Å²) in [6.45, 7) is 2.31. The predicted octanol–water partition coefficient (Wildman–Crippen LogP) is 1.59. The van der Waals surface area contributed by atoms with Crippen molar-refractivity contribution in [3.05, 3.63) is 41.7 Å². The Morgan fingerprint density at radius 3 is 2.64 bits per heavy atom. The Morgan fingerprint density at radius 1 is 1.28 bits per heavy atom. The van der Waals surface area contributed by atoms with Gasteiger partial charge in [-0.05, 0) is 23.8 Å². The molecule has 0 unspecified atom stereocenters. The zero-order valence-corrected chi connectivity index (χ0v) is 14.9. The molecule has 1 amide bonds. The van der Waals surface area contributed by atoms with Gasteiger partial charge >= 0.3 is 0 Å². The van der Waals surface area contributed by atoms with Gasteiger partial charge in [0.25, 0.3) is 0 Å². The molecular formula is C18H24N4O3. The summed E-state index contributed by atoms with van der Waals surface area (Å²) < 4.78 is 12.7. The minimum atomic E-state index is 0.0244. The number of benzene rings is 1. The molecule has 2 heterocycles. The van der Waals surface area contributed by atoms with Crippen molar-refractivity contribution in [2.45, 2.75) is 25.6 Å². The first-order valence-electron chi connectivity index (χ1n) is 8.30. The van der Waals surface area contributed by atoms with E-state index in [1.165, 1.54) is 0 Å². The highest BCUT2D eigenvalue weighted by molar-refractivity contribution is 5.76. The van der Waals surface area contributed by atoms with Crippen LogP contribution in [0.3, 0.4) is 0 Å². The summed E-state index contributed by atoms with van der Waals surface area (Å²) >= 11 is 0. The van der Waals surface area contributed by atoms with Crippen LogP contribution >= 0.6 is 0 Å². The first-order valence-corrected chi connectivity index (χ1v) is 8.30. The van der Waals surface area contributed by atoms with Gasteiger partial charge in [-0.2, -0.15) is 5.10 Å². The lowest BCUT2D eigenvalue weighted by Gasteiger charge is -2.33. The van der Waals surface area contributed by atoms with Crippen LogP contribution in [0.4, 0.5) is 0 Å². The lowest BCUT2D eigenvalue weighted by molar-refractivity contribution is -0.121. The van der Waals surface area contributed by atoms with Gasteiger partial charge in [-0.25, -0.2) is 0 Å². The van der Waals surface area contributed by atoms with Crippen molar-refractivity contribution in [3.63, 3.8) is 0 Å². The molecule has 0 saturated carbocycles. The molecular weight excluding hydrogens is 320 g/mol. The molecule has 134 valence electrons. The standard InChI is InChI=1S/C18H24N4O3/c1-19-18(23)8-15-12-21(11-14-4-5-20-22(14)15)10-13-6-16(24-2)9-17(7-13)25-3/h4-7,9,15H,8,10-12H2,1-3H3,(H,19,23)/t15-/m1/s1.